The lowest BCUT2D eigenvalue weighted by Gasteiger charge is -2.23. The Bertz CT molecular complexity index is 1210. The summed E-state index contributed by atoms with van der Waals surface area (Å²) in [5.74, 6) is -0.0112. The van der Waals surface area contributed by atoms with E-state index in [2.05, 4.69) is 0 Å². The zero-order valence-corrected chi connectivity index (χ0v) is 15.7. The van der Waals surface area contributed by atoms with Gasteiger partial charge in [-0.15, -0.1) is 0 Å². The number of fused-ring (bicyclic) bond motifs is 5. The molecule has 3 aromatic carbocycles. The van der Waals surface area contributed by atoms with Gasteiger partial charge in [0.05, 0.1) is 6.54 Å². The topological polar surface area (TPSA) is 48.0 Å². The second kappa shape index (κ2) is 5.95. The number of carbonyl (C=O) groups excluding carboxylic acids is 1. The van der Waals surface area contributed by atoms with E-state index in [1.165, 1.54) is 23.1 Å². The van der Waals surface area contributed by atoms with Gasteiger partial charge in [0.1, 0.15) is 29.4 Å². The van der Waals surface area contributed by atoms with E-state index in [0.717, 1.165) is 5.56 Å². The van der Waals surface area contributed by atoms with Crippen LogP contribution in [0.5, 0.6) is 17.2 Å². The highest BCUT2D eigenvalue weighted by molar-refractivity contribution is 6.11. The molecule has 150 valence electrons. The smallest absolute Gasteiger partial charge is 0.246 e. The fourth-order valence-electron chi connectivity index (χ4n) is 4.56. The summed E-state index contributed by atoms with van der Waals surface area (Å²) in [6.45, 7) is -0.0121. The Morgan fingerprint density at radius 2 is 1.60 bits per heavy atom. The van der Waals surface area contributed by atoms with Crippen LogP contribution in [0.15, 0.2) is 54.6 Å². The van der Waals surface area contributed by atoms with Gasteiger partial charge in [0.15, 0.2) is 11.5 Å². The molecule has 3 aromatic rings. The predicted octanol–water partition coefficient (Wildman–Crippen LogP) is 3.92. The molecule has 0 saturated carbocycles. The van der Waals surface area contributed by atoms with Crippen molar-refractivity contribution in [3.63, 3.8) is 0 Å². The molecule has 7 heteroatoms. The SMILES string of the molecule is O=C1N(Cc2c(F)cccc2F)c2ccccc2C12COc1cc3c(cc12)OCO3. The van der Waals surface area contributed by atoms with Crippen molar-refractivity contribution in [3.05, 3.63) is 82.9 Å². The maximum atomic E-state index is 14.3. The van der Waals surface area contributed by atoms with E-state index in [1.54, 1.807) is 24.3 Å². The molecule has 1 unspecified atom stereocenters. The van der Waals surface area contributed by atoms with Crippen LogP contribution in [0.1, 0.15) is 16.7 Å². The third kappa shape index (κ3) is 2.12. The summed E-state index contributed by atoms with van der Waals surface area (Å²) in [5, 5.41) is 0. The van der Waals surface area contributed by atoms with Crippen molar-refractivity contribution < 1.29 is 27.8 Å². The number of anilines is 1. The monoisotopic (exact) mass is 407 g/mol. The van der Waals surface area contributed by atoms with Crippen LogP contribution in [0.4, 0.5) is 14.5 Å². The average molecular weight is 407 g/mol. The quantitative estimate of drug-likeness (QED) is 0.646. The van der Waals surface area contributed by atoms with Gasteiger partial charge in [-0.1, -0.05) is 24.3 Å². The van der Waals surface area contributed by atoms with Crippen molar-refractivity contribution in [2.75, 3.05) is 18.3 Å². The fourth-order valence-corrected chi connectivity index (χ4v) is 4.56. The zero-order chi connectivity index (χ0) is 20.5. The molecule has 0 aliphatic carbocycles. The number of benzene rings is 3. The molecule has 0 aromatic heterocycles. The molecule has 0 saturated heterocycles. The molecule has 0 fully saturated rings. The number of hydrogen-bond acceptors (Lipinski definition) is 4. The molecule has 3 heterocycles. The van der Waals surface area contributed by atoms with Crippen LogP contribution in [0.3, 0.4) is 0 Å². The number of hydrogen-bond donors (Lipinski definition) is 0. The van der Waals surface area contributed by atoms with Crippen LogP contribution in [0.2, 0.25) is 0 Å². The van der Waals surface area contributed by atoms with Gasteiger partial charge in [-0.25, -0.2) is 8.78 Å². The number of amides is 1. The molecule has 0 bridgehead atoms. The van der Waals surface area contributed by atoms with Gasteiger partial charge in [0.2, 0.25) is 12.7 Å². The Morgan fingerprint density at radius 3 is 2.40 bits per heavy atom. The van der Waals surface area contributed by atoms with Gasteiger partial charge in [-0.3, -0.25) is 4.79 Å². The van der Waals surface area contributed by atoms with Crippen molar-refractivity contribution in [3.8, 4) is 17.2 Å². The summed E-state index contributed by atoms with van der Waals surface area (Å²) < 4.78 is 45.5. The normalized spacial score (nSPS) is 20.5. The van der Waals surface area contributed by atoms with Gasteiger partial charge < -0.3 is 19.1 Å². The van der Waals surface area contributed by atoms with E-state index in [4.69, 9.17) is 14.2 Å². The largest absolute Gasteiger partial charge is 0.491 e. The van der Waals surface area contributed by atoms with E-state index in [-0.39, 0.29) is 31.4 Å². The maximum Gasteiger partial charge on any atom is 0.246 e. The van der Waals surface area contributed by atoms with Crippen molar-refractivity contribution in [2.24, 2.45) is 0 Å². The second-order valence-corrected chi connectivity index (χ2v) is 7.50. The number of ether oxygens (including phenoxy) is 3. The van der Waals surface area contributed by atoms with Gasteiger partial charge in [-0.2, -0.15) is 0 Å². The van der Waals surface area contributed by atoms with Crippen molar-refractivity contribution in [2.45, 2.75) is 12.0 Å². The van der Waals surface area contributed by atoms with Crippen molar-refractivity contribution in [1.82, 2.24) is 0 Å². The third-order valence-electron chi connectivity index (χ3n) is 6.02. The summed E-state index contributed by atoms with van der Waals surface area (Å²) >= 11 is 0. The van der Waals surface area contributed by atoms with Crippen LogP contribution < -0.4 is 19.1 Å². The molecule has 1 atom stereocenters. The molecule has 0 N–H and O–H groups in total. The van der Waals surface area contributed by atoms with Gasteiger partial charge in [-0.05, 0) is 29.8 Å². The first-order valence-electron chi connectivity index (χ1n) is 9.51. The highest BCUT2D eigenvalue weighted by Crippen LogP contribution is 2.55. The van der Waals surface area contributed by atoms with Gasteiger partial charge in [0.25, 0.3) is 0 Å². The number of halogens is 2. The predicted molar refractivity (Wildman–Crippen MR) is 103 cm³/mol. The van der Waals surface area contributed by atoms with E-state index in [9.17, 15) is 13.6 Å². The summed E-state index contributed by atoms with van der Waals surface area (Å²) in [4.78, 5) is 15.2. The first-order chi connectivity index (χ1) is 14.6. The first kappa shape index (κ1) is 17.3. The van der Waals surface area contributed by atoms with Crippen LogP contribution in [-0.2, 0) is 16.8 Å². The van der Waals surface area contributed by atoms with Crippen LogP contribution in [0, 0.1) is 11.6 Å². The molecule has 0 radical (unpaired) electrons. The summed E-state index contributed by atoms with van der Waals surface area (Å²) in [7, 11) is 0. The lowest BCUT2D eigenvalue weighted by atomic mass is 9.77. The molecule has 5 nitrogen and oxygen atoms in total. The number of rotatable bonds is 2. The molecule has 1 amide bonds. The Morgan fingerprint density at radius 1 is 0.867 bits per heavy atom. The molecule has 30 heavy (non-hydrogen) atoms. The molecular formula is C23H15F2NO4. The minimum absolute atomic E-state index is 0.0946. The Balaban J connectivity index is 1.52. The number of para-hydroxylation sites is 1. The lowest BCUT2D eigenvalue weighted by molar-refractivity contribution is -0.122. The second-order valence-electron chi connectivity index (χ2n) is 7.50. The zero-order valence-electron chi connectivity index (χ0n) is 15.7. The highest BCUT2D eigenvalue weighted by Gasteiger charge is 2.57. The van der Waals surface area contributed by atoms with E-state index >= 15 is 0 Å². The molecule has 3 aliphatic rings. The first-order valence-corrected chi connectivity index (χ1v) is 9.51. The summed E-state index contributed by atoms with van der Waals surface area (Å²) in [6.07, 6.45) is 0. The Hall–Kier alpha value is -3.61. The highest BCUT2D eigenvalue weighted by atomic mass is 19.1. The van der Waals surface area contributed by atoms with Crippen molar-refractivity contribution >= 4 is 11.6 Å². The van der Waals surface area contributed by atoms with Gasteiger partial charge >= 0.3 is 0 Å². The number of carbonyl (C=O) groups is 1. The minimum Gasteiger partial charge on any atom is -0.491 e. The fraction of sp³-hybridized carbons (Fsp3) is 0.174. The van der Waals surface area contributed by atoms with E-state index < -0.39 is 17.0 Å². The number of nitrogens with zero attached hydrogens (tertiary/aromatic N) is 1. The Labute approximate surface area is 170 Å². The maximum absolute atomic E-state index is 14.3. The average Bonchev–Trinajstić information content (AvgIpc) is 3.41. The van der Waals surface area contributed by atoms with Crippen LogP contribution in [0.25, 0.3) is 0 Å². The molecule has 6 rings (SSSR count). The summed E-state index contributed by atoms with van der Waals surface area (Å²) in [5.41, 5.74) is 0.765. The van der Waals surface area contributed by atoms with Crippen molar-refractivity contribution in [1.29, 1.82) is 0 Å². The third-order valence-corrected chi connectivity index (χ3v) is 6.02. The molecular weight excluding hydrogens is 392 g/mol. The summed E-state index contributed by atoms with van der Waals surface area (Å²) in [6, 6.07) is 14.5. The lowest BCUT2D eigenvalue weighted by Crippen LogP contribution is -2.42. The Kier molecular flexibility index (Phi) is 3.42. The molecule has 1 spiro atoms. The molecule has 3 aliphatic heterocycles. The van der Waals surface area contributed by atoms with Crippen LogP contribution >= 0.6 is 0 Å². The minimum atomic E-state index is -1.10. The van der Waals surface area contributed by atoms with Gasteiger partial charge in [0, 0.05) is 22.9 Å². The van der Waals surface area contributed by atoms with E-state index in [0.29, 0.717) is 28.5 Å². The van der Waals surface area contributed by atoms with E-state index in [1.807, 2.05) is 12.1 Å². The van der Waals surface area contributed by atoms with Crippen LogP contribution in [-0.4, -0.2) is 19.3 Å². The standard InChI is InChI=1S/C23H15F2NO4/c24-16-5-3-6-17(25)13(16)10-26-18-7-2-1-4-14(18)23(22(26)27)11-28-19-9-21-20(8-15(19)23)29-12-30-21/h1-9H,10-12H2.